The summed E-state index contributed by atoms with van der Waals surface area (Å²) in [7, 11) is 0. The van der Waals surface area contributed by atoms with Crippen LogP contribution < -0.4 is 5.32 Å². The average Bonchev–Trinajstić information content (AvgIpc) is 2.47. The largest absolute Gasteiger partial charge is 0.459 e. The SMILES string of the molecule is Cc1ccoc1C(=O)NCC#N. The van der Waals surface area contributed by atoms with Gasteiger partial charge in [-0.05, 0) is 13.0 Å². The summed E-state index contributed by atoms with van der Waals surface area (Å²) in [5, 5.41) is 10.6. The molecule has 0 aliphatic rings. The normalized spacial score (nSPS) is 9.00. The van der Waals surface area contributed by atoms with Gasteiger partial charge < -0.3 is 9.73 Å². The van der Waals surface area contributed by atoms with Crippen molar-refractivity contribution in [2.24, 2.45) is 0 Å². The van der Waals surface area contributed by atoms with Gasteiger partial charge in [-0.15, -0.1) is 0 Å². The van der Waals surface area contributed by atoms with Gasteiger partial charge in [-0.3, -0.25) is 4.79 Å². The van der Waals surface area contributed by atoms with Crippen LogP contribution in [0.4, 0.5) is 0 Å². The van der Waals surface area contributed by atoms with Gasteiger partial charge in [0.1, 0.15) is 6.54 Å². The van der Waals surface area contributed by atoms with Crippen LogP contribution in [0.15, 0.2) is 16.7 Å². The van der Waals surface area contributed by atoms with E-state index in [4.69, 9.17) is 9.68 Å². The number of amides is 1. The maximum atomic E-state index is 11.1. The van der Waals surface area contributed by atoms with E-state index in [-0.39, 0.29) is 18.2 Å². The van der Waals surface area contributed by atoms with Crippen molar-refractivity contribution in [2.75, 3.05) is 6.54 Å². The van der Waals surface area contributed by atoms with Gasteiger partial charge >= 0.3 is 0 Å². The molecule has 4 nitrogen and oxygen atoms in total. The number of hydrogen-bond acceptors (Lipinski definition) is 3. The smallest absolute Gasteiger partial charge is 0.288 e. The predicted octanol–water partition coefficient (Wildman–Crippen LogP) is 0.841. The third-order valence-corrected chi connectivity index (χ3v) is 1.40. The van der Waals surface area contributed by atoms with E-state index < -0.39 is 0 Å². The number of aryl methyl sites for hydroxylation is 1. The van der Waals surface area contributed by atoms with Crippen LogP contribution >= 0.6 is 0 Å². The van der Waals surface area contributed by atoms with Gasteiger partial charge in [0, 0.05) is 5.56 Å². The predicted molar refractivity (Wildman–Crippen MR) is 41.4 cm³/mol. The molecule has 1 N–H and O–H groups in total. The molecule has 0 unspecified atom stereocenters. The van der Waals surface area contributed by atoms with Crippen LogP contribution in [-0.4, -0.2) is 12.5 Å². The maximum Gasteiger partial charge on any atom is 0.288 e. The molecule has 0 aromatic carbocycles. The number of nitrogens with zero attached hydrogens (tertiary/aromatic N) is 1. The van der Waals surface area contributed by atoms with Crippen molar-refractivity contribution in [3.05, 3.63) is 23.7 Å². The quantitative estimate of drug-likeness (QED) is 0.658. The molecule has 0 saturated carbocycles. The van der Waals surface area contributed by atoms with Crippen molar-refractivity contribution in [3.8, 4) is 6.07 Å². The number of rotatable bonds is 2. The second kappa shape index (κ2) is 3.58. The zero-order chi connectivity index (χ0) is 8.97. The third-order valence-electron chi connectivity index (χ3n) is 1.40. The van der Waals surface area contributed by atoms with Crippen molar-refractivity contribution in [1.29, 1.82) is 5.26 Å². The van der Waals surface area contributed by atoms with Crippen LogP contribution in [0.25, 0.3) is 0 Å². The Balaban J connectivity index is 2.67. The average molecular weight is 164 g/mol. The summed E-state index contributed by atoms with van der Waals surface area (Å²) in [6.07, 6.45) is 1.44. The number of carbonyl (C=O) groups excluding carboxylic acids is 1. The van der Waals surface area contributed by atoms with E-state index in [9.17, 15) is 4.79 Å². The standard InChI is InChI=1S/C8H8N2O2/c1-6-2-5-12-7(6)8(11)10-4-3-9/h2,5H,4H2,1H3,(H,10,11). The van der Waals surface area contributed by atoms with E-state index in [0.29, 0.717) is 0 Å². The highest BCUT2D eigenvalue weighted by Crippen LogP contribution is 2.07. The molecule has 1 heterocycles. The fourth-order valence-corrected chi connectivity index (χ4v) is 0.805. The molecule has 0 saturated heterocycles. The highest BCUT2D eigenvalue weighted by atomic mass is 16.3. The highest BCUT2D eigenvalue weighted by Gasteiger charge is 2.10. The van der Waals surface area contributed by atoms with E-state index in [1.807, 2.05) is 0 Å². The lowest BCUT2D eigenvalue weighted by Gasteiger charge is -1.96. The molecule has 0 aliphatic heterocycles. The fourth-order valence-electron chi connectivity index (χ4n) is 0.805. The van der Waals surface area contributed by atoms with Crippen molar-refractivity contribution in [2.45, 2.75) is 6.92 Å². The van der Waals surface area contributed by atoms with E-state index in [0.717, 1.165) is 5.56 Å². The topological polar surface area (TPSA) is 66.0 Å². The molecule has 62 valence electrons. The Bertz CT molecular complexity index is 322. The molecule has 1 aromatic rings. The summed E-state index contributed by atoms with van der Waals surface area (Å²) in [4.78, 5) is 11.1. The second-order valence-electron chi connectivity index (χ2n) is 2.27. The molecule has 0 fully saturated rings. The highest BCUT2D eigenvalue weighted by molar-refractivity contribution is 5.92. The molecule has 1 aromatic heterocycles. The Labute approximate surface area is 69.8 Å². The first kappa shape index (κ1) is 8.34. The molecule has 0 spiro atoms. The number of furan rings is 1. The molecule has 4 heteroatoms. The van der Waals surface area contributed by atoms with E-state index >= 15 is 0 Å². The number of nitriles is 1. The van der Waals surface area contributed by atoms with Crippen LogP contribution in [-0.2, 0) is 0 Å². The Hall–Kier alpha value is -1.76. The van der Waals surface area contributed by atoms with Crippen LogP contribution in [0.1, 0.15) is 16.1 Å². The van der Waals surface area contributed by atoms with Gasteiger partial charge in [0.05, 0.1) is 12.3 Å². The third kappa shape index (κ3) is 1.64. The Morgan fingerprint density at radius 3 is 3.08 bits per heavy atom. The molecule has 0 bridgehead atoms. The Kier molecular flexibility index (Phi) is 2.49. The van der Waals surface area contributed by atoms with Gasteiger partial charge in [0.25, 0.3) is 5.91 Å². The van der Waals surface area contributed by atoms with Gasteiger partial charge in [-0.2, -0.15) is 5.26 Å². The minimum atomic E-state index is -0.348. The lowest BCUT2D eigenvalue weighted by molar-refractivity contribution is 0.0930. The van der Waals surface area contributed by atoms with Crippen molar-refractivity contribution in [1.82, 2.24) is 5.32 Å². The van der Waals surface area contributed by atoms with E-state index in [1.54, 1.807) is 19.1 Å². The van der Waals surface area contributed by atoms with Crippen molar-refractivity contribution < 1.29 is 9.21 Å². The van der Waals surface area contributed by atoms with E-state index in [1.165, 1.54) is 6.26 Å². The van der Waals surface area contributed by atoms with Crippen molar-refractivity contribution in [3.63, 3.8) is 0 Å². The summed E-state index contributed by atoms with van der Waals surface area (Å²) in [5.41, 5.74) is 0.769. The fraction of sp³-hybridized carbons (Fsp3) is 0.250. The van der Waals surface area contributed by atoms with Crippen LogP contribution in [0.3, 0.4) is 0 Å². The van der Waals surface area contributed by atoms with Gasteiger partial charge in [-0.1, -0.05) is 0 Å². The molecular weight excluding hydrogens is 156 g/mol. The minimum Gasteiger partial charge on any atom is -0.459 e. The summed E-state index contributed by atoms with van der Waals surface area (Å²) in [5.74, 6) is -0.0794. The second-order valence-corrected chi connectivity index (χ2v) is 2.27. The summed E-state index contributed by atoms with van der Waals surface area (Å²) in [6.45, 7) is 1.77. The summed E-state index contributed by atoms with van der Waals surface area (Å²) < 4.78 is 4.90. The molecule has 0 atom stereocenters. The molecule has 0 radical (unpaired) electrons. The minimum absolute atomic E-state index is 0.00102. The maximum absolute atomic E-state index is 11.1. The summed E-state index contributed by atoms with van der Waals surface area (Å²) in [6, 6.07) is 3.50. The molecule has 1 rings (SSSR count). The number of carbonyl (C=O) groups is 1. The Morgan fingerprint density at radius 2 is 2.58 bits per heavy atom. The molecule has 0 aliphatic carbocycles. The molecule has 1 amide bonds. The zero-order valence-corrected chi connectivity index (χ0v) is 6.63. The first-order chi connectivity index (χ1) is 5.75. The van der Waals surface area contributed by atoms with Crippen LogP contribution in [0.5, 0.6) is 0 Å². The lowest BCUT2D eigenvalue weighted by Crippen LogP contribution is -2.23. The molecular formula is C8H8N2O2. The summed E-state index contributed by atoms with van der Waals surface area (Å²) >= 11 is 0. The first-order valence-corrected chi connectivity index (χ1v) is 3.45. The van der Waals surface area contributed by atoms with Crippen molar-refractivity contribution >= 4 is 5.91 Å². The van der Waals surface area contributed by atoms with Gasteiger partial charge in [0.2, 0.25) is 0 Å². The zero-order valence-electron chi connectivity index (χ0n) is 6.63. The molecule has 12 heavy (non-hydrogen) atoms. The monoisotopic (exact) mass is 164 g/mol. The van der Waals surface area contributed by atoms with Gasteiger partial charge in [-0.25, -0.2) is 0 Å². The number of nitrogens with one attached hydrogen (secondary N) is 1. The van der Waals surface area contributed by atoms with Crippen LogP contribution in [0.2, 0.25) is 0 Å². The van der Waals surface area contributed by atoms with E-state index in [2.05, 4.69) is 5.32 Å². The van der Waals surface area contributed by atoms with Crippen LogP contribution in [0, 0.1) is 18.3 Å². The lowest BCUT2D eigenvalue weighted by atomic mass is 10.3. The van der Waals surface area contributed by atoms with Gasteiger partial charge in [0.15, 0.2) is 5.76 Å². The number of hydrogen-bond donors (Lipinski definition) is 1. The Morgan fingerprint density at radius 1 is 1.83 bits per heavy atom. The first-order valence-electron chi connectivity index (χ1n) is 3.45.